The molecule has 0 bridgehead atoms. The molecule has 0 amide bonds. The number of fused-ring (bicyclic) bond motifs is 3. The van der Waals surface area contributed by atoms with E-state index in [1.54, 1.807) is 7.11 Å². The number of methoxy groups -OCH3 is 1. The molecular formula is C24H37NO4. The molecule has 5 heteroatoms. The van der Waals surface area contributed by atoms with Gasteiger partial charge in [-0.15, -0.1) is 0 Å². The maximum Gasteiger partial charge on any atom is 0.161 e. The van der Waals surface area contributed by atoms with Gasteiger partial charge in [0.15, 0.2) is 11.5 Å². The fraction of sp³-hybridized carbons (Fsp3) is 0.750. The Balaban J connectivity index is 1.51. The van der Waals surface area contributed by atoms with Crippen molar-refractivity contribution in [3.63, 3.8) is 0 Å². The zero-order valence-corrected chi connectivity index (χ0v) is 18.8. The standard InChI is InChI=1S/C24H37NO4/c1-23(2,3)29-22-13-25-8-7-15-9-21(28-14-16-12-24(16,4)5)20(27-6)10-17(15)18(25)11-19(22)26/h9-10,16,18-19,22,26H,7-8,11-14H2,1-6H3/t16-,18-,19-,22-/m1/s1. The average molecular weight is 404 g/mol. The number of rotatable bonds is 5. The van der Waals surface area contributed by atoms with Crippen molar-refractivity contribution in [2.75, 3.05) is 26.8 Å². The van der Waals surface area contributed by atoms with Crippen LogP contribution in [0.15, 0.2) is 12.1 Å². The number of benzene rings is 1. The van der Waals surface area contributed by atoms with Crippen LogP contribution < -0.4 is 9.47 Å². The summed E-state index contributed by atoms with van der Waals surface area (Å²) in [5, 5.41) is 10.8. The molecule has 3 aliphatic rings. The van der Waals surface area contributed by atoms with Gasteiger partial charge in [0.25, 0.3) is 0 Å². The van der Waals surface area contributed by atoms with Gasteiger partial charge < -0.3 is 19.3 Å². The third kappa shape index (κ3) is 4.42. The lowest BCUT2D eigenvalue weighted by Crippen LogP contribution is -2.53. The van der Waals surface area contributed by atoms with Crippen molar-refractivity contribution in [2.45, 2.75) is 77.7 Å². The molecule has 1 aromatic carbocycles. The van der Waals surface area contributed by atoms with Crippen molar-refractivity contribution in [2.24, 2.45) is 11.3 Å². The topological polar surface area (TPSA) is 51.2 Å². The number of ether oxygens (including phenoxy) is 3. The van der Waals surface area contributed by atoms with Gasteiger partial charge in [-0.05, 0) is 74.6 Å². The van der Waals surface area contributed by atoms with Crippen LogP contribution in [-0.2, 0) is 11.2 Å². The Bertz CT molecular complexity index is 754. The van der Waals surface area contributed by atoms with Gasteiger partial charge in [-0.25, -0.2) is 0 Å². The molecule has 5 nitrogen and oxygen atoms in total. The second-order valence-corrected chi connectivity index (χ2v) is 10.7. The molecule has 4 rings (SSSR count). The van der Waals surface area contributed by atoms with Gasteiger partial charge >= 0.3 is 0 Å². The van der Waals surface area contributed by atoms with Crippen LogP contribution in [-0.4, -0.2) is 54.6 Å². The normalized spacial score (nSPS) is 31.0. The van der Waals surface area contributed by atoms with Crippen LogP contribution in [0.1, 0.15) is 64.6 Å². The van der Waals surface area contributed by atoms with E-state index in [4.69, 9.17) is 14.2 Å². The molecule has 2 heterocycles. The quantitative estimate of drug-likeness (QED) is 0.806. The lowest BCUT2D eigenvalue weighted by molar-refractivity contribution is -0.149. The smallest absolute Gasteiger partial charge is 0.161 e. The Kier molecular flexibility index (Phi) is 5.37. The van der Waals surface area contributed by atoms with Crippen LogP contribution in [0.4, 0.5) is 0 Å². The minimum absolute atomic E-state index is 0.140. The summed E-state index contributed by atoms with van der Waals surface area (Å²) in [7, 11) is 1.71. The molecule has 0 radical (unpaired) electrons. The Morgan fingerprint density at radius 2 is 1.93 bits per heavy atom. The number of aliphatic hydroxyl groups is 1. The number of hydrogen-bond acceptors (Lipinski definition) is 5. The van der Waals surface area contributed by atoms with Gasteiger partial charge in [0.1, 0.15) is 0 Å². The third-order valence-electron chi connectivity index (χ3n) is 6.86. The van der Waals surface area contributed by atoms with Crippen molar-refractivity contribution in [1.82, 2.24) is 4.90 Å². The van der Waals surface area contributed by atoms with Gasteiger partial charge in [-0.2, -0.15) is 0 Å². The maximum atomic E-state index is 10.8. The van der Waals surface area contributed by atoms with Crippen molar-refractivity contribution >= 4 is 0 Å². The molecule has 4 atom stereocenters. The average Bonchev–Trinajstić information content (AvgIpc) is 3.25. The zero-order valence-electron chi connectivity index (χ0n) is 18.8. The van der Waals surface area contributed by atoms with Crippen molar-refractivity contribution < 1.29 is 19.3 Å². The summed E-state index contributed by atoms with van der Waals surface area (Å²) < 4.78 is 18.0. The van der Waals surface area contributed by atoms with E-state index in [0.29, 0.717) is 17.8 Å². The van der Waals surface area contributed by atoms with Crippen LogP contribution in [0.3, 0.4) is 0 Å². The summed E-state index contributed by atoms with van der Waals surface area (Å²) in [6.07, 6.45) is 2.31. The third-order valence-corrected chi connectivity index (χ3v) is 6.86. The fourth-order valence-corrected chi connectivity index (χ4v) is 4.88. The zero-order chi connectivity index (χ0) is 21.0. The van der Waals surface area contributed by atoms with Gasteiger partial charge in [0.05, 0.1) is 31.5 Å². The predicted octanol–water partition coefficient (Wildman–Crippen LogP) is 3.97. The Morgan fingerprint density at radius 1 is 1.21 bits per heavy atom. The molecule has 0 unspecified atom stereocenters. The van der Waals surface area contributed by atoms with E-state index in [1.165, 1.54) is 17.5 Å². The first-order valence-electron chi connectivity index (χ1n) is 11.0. The Labute approximate surface area is 175 Å². The molecular weight excluding hydrogens is 366 g/mol. The van der Waals surface area contributed by atoms with E-state index < -0.39 is 6.10 Å². The SMILES string of the molecule is COc1cc2c(cc1OC[C@H]1CC1(C)C)CCN1C[C@@H](OC(C)(C)C)[C@H](O)C[C@H]21. The molecule has 1 aliphatic carbocycles. The van der Waals surface area contributed by atoms with Gasteiger partial charge in [0.2, 0.25) is 0 Å². The van der Waals surface area contributed by atoms with E-state index in [1.807, 2.05) is 20.8 Å². The number of nitrogens with zero attached hydrogens (tertiary/aromatic N) is 1. The van der Waals surface area contributed by atoms with Crippen molar-refractivity contribution in [3.05, 3.63) is 23.3 Å². The predicted molar refractivity (Wildman–Crippen MR) is 114 cm³/mol. The molecule has 162 valence electrons. The number of hydrogen-bond donors (Lipinski definition) is 1. The maximum absolute atomic E-state index is 10.8. The van der Waals surface area contributed by atoms with Crippen LogP contribution in [0.2, 0.25) is 0 Å². The second-order valence-electron chi connectivity index (χ2n) is 10.7. The molecule has 2 fully saturated rings. The van der Waals surface area contributed by atoms with E-state index in [0.717, 1.165) is 37.6 Å². The Morgan fingerprint density at radius 3 is 2.55 bits per heavy atom. The Hall–Kier alpha value is -1.30. The summed E-state index contributed by atoms with van der Waals surface area (Å²) in [4.78, 5) is 2.46. The molecule has 2 aliphatic heterocycles. The van der Waals surface area contributed by atoms with Gasteiger partial charge in [0, 0.05) is 19.1 Å². The second kappa shape index (κ2) is 7.44. The highest BCUT2D eigenvalue weighted by Gasteiger charge is 2.46. The molecule has 1 N–H and O–H groups in total. The molecule has 0 aromatic heterocycles. The largest absolute Gasteiger partial charge is 0.493 e. The lowest BCUT2D eigenvalue weighted by Gasteiger charge is -2.46. The van der Waals surface area contributed by atoms with E-state index >= 15 is 0 Å². The highest BCUT2D eigenvalue weighted by atomic mass is 16.5. The number of piperidine rings is 1. The summed E-state index contributed by atoms with van der Waals surface area (Å²) in [6, 6.07) is 4.52. The molecule has 0 spiro atoms. The van der Waals surface area contributed by atoms with Crippen LogP contribution in [0.5, 0.6) is 11.5 Å². The van der Waals surface area contributed by atoms with E-state index in [2.05, 4.69) is 30.9 Å². The molecule has 1 saturated heterocycles. The lowest BCUT2D eigenvalue weighted by atomic mass is 9.84. The number of aliphatic hydroxyl groups excluding tert-OH is 1. The van der Waals surface area contributed by atoms with Crippen molar-refractivity contribution in [3.8, 4) is 11.5 Å². The van der Waals surface area contributed by atoms with E-state index in [9.17, 15) is 5.11 Å². The highest BCUT2D eigenvalue weighted by Crippen LogP contribution is 2.52. The summed E-state index contributed by atoms with van der Waals surface area (Å²) in [5.41, 5.74) is 2.74. The van der Waals surface area contributed by atoms with Crippen LogP contribution in [0, 0.1) is 11.3 Å². The first-order chi connectivity index (χ1) is 13.6. The van der Waals surface area contributed by atoms with Gasteiger partial charge in [-0.3, -0.25) is 4.90 Å². The fourth-order valence-electron chi connectivity index (χ4n) is 4.88. The minimum atomic E-state index is -0.458. The summed E-state index contributed by atoms with van der Waals surface area (Å²) >= 11 is 0. The highest BCUT2D eigenvalue weighted by molar-refractivity contribution is 5.49. The first-order valence-corrected chi connectivity index (χ1v) is 11.0. The van der Waals surface area contributed by atoms with Crippen LogP contribution >= 0.6 is 0 Å². The first kappa shape index (κ1) is 21.0. The van der Waals surface area contributed by atoms with Crippen molar-refractivity contribution in [1.29, 1.82) is 0 Å². The summed E-state index contributed by atoms with van der Waals surface area (Å²) in [5.74, 6) is 2.28. The monoisotopic (exact) mass is 403 g/mol. The van der Waals surface area contributed by atoms with E-state index in [-0.39, 0.29) is 17.7 Å². The molecule has 29 heavy (non-hydrogen) atoms. The van der Waals surface area contributed by atoms with Gasteiger partial charge in [-0.1, -0.05) is 13.8 Å². The van der Waals surface area contributed by atoms with Crippen LogP contribution in [0.25, 0.3) is 0 Å². The molecule has 1 aromatic rings. The summed E-state index contributed by atoms with van der Waals surface area (Å²) in [6.45, 7) is 13.2. The minimum Gasteiger partial charge on any atom is -0.493 e. The molecule has 1 saturated carbocycles.